The molecule has 5 nitrogen and oxygen atoms in total. The Morgan fingerprint density at radius 3 is 2.76 bits per heavy atom. The molecule has 0 spiro atoms. The number of methoxy groups -OCH3 is 1. The molecule has 2 rings (SSSR count). The lowest BCUT2D eigenvalue weighted by Gasteiger charge is -2.22. The first-order valence-corrected chi connectivity index (χ1v) is 9.38. The molecule has 1 aliphatic carbocycles. The van der Waals surface area contributed by atoms with Gasteiger partial charge in [-0.2, -0.15) is 0 Å². The maximum atomic E-state index is 5.22. The second kappa shape index (κ2) is 10.4. The van der Waals surface area contributed by atoms with Gasteiger partial charge in [0.05, 0.1) is 6.61 Å². The smallest absolute Gasteiger partial charge is 0.191 e. The number of hydrogen-bond donors (Lipinski definition) is 2. The van der Waals surface area contributed by atoms with Crippen molar-refractivity contribution < 1.29 is 4.74 Å². The zero-order valence-corrected chi connectivity index (χ0v) is 16.2. The number of rotatable bonds is 10. The Balaban J connectivity index is 1.71. The summed E-state index contributed by atoms with van der Waals surface area (Å²) in [6.45, 7) is 9.00. The van der Waals surface area contributed by atoms with Gasteiger partial charge in [0.2, 0.25) is 0 Å². The predicted octanol–water partition coefficient (Wildman–Crippen LogP) is 2.37. The molecule has 1 aromatic rings. The first kappa shape index (κ1) is 19.7. The number of hydrogen-bond acceptors (Lipinski definition) is 3. The monoisotopic (exact) mass is 346 g/mol. The highest BCUT2D eigenvalue weighted by Gasteiger charge is 2.28. The number of nitrogens with one attached hydrogen (secondary N) is 2. The molecule has 0 bridgehead atoms. The molecule has 1 aromatic carbocycles. The lowest BCUT2D eigenvalue weighted by Crippen LogP contribution is -2.43. The van der Waals surface area contributed by atoms with Crippen molar-refractivity contribution in [3.63, 3.8) is 0 Å². The summed E-state index contributed by atoms with van der Waals surface area (Å²) in [6.07, 6.45) is 2.65. The molecule has 2 N–H and O–H groups in total. The molecule has 0 saturated heterocycles. The number of ether oxygens (including phenoxy) is 1. The molecule has 0 aromatic heterocycles. The molecule has 0 aliphatic heterocycles. The third-order valence-electron chi connectivity index (χ3n) is 4.75. The van der Waals surface area contributed by atoms with Gasteiger partial charge in [-0.05, 0) is 31.2 Å². The Labute approximate surface area is 152 Å². The SMILES string of the molecule is CN=C(NCCN(CCOC)C1CC1)NCC(C)c1cccc(C)c1. The van der Waals surface area contributed by atoms with Crippen LogP contribution in [-0.2, 0) is 4.74 Å². The van der Waals surface area contributed by atoms with Crippen LogP contribution in [0.5, 0.6) is 0 Å². The molecule has 0 amide bonds. The van der Waals surface area contributed by atoms with E-state index in [0.29, 0.717) is 5.92 Å². The summed E-state index contributed by atoms with van der Waals surface area (Å²) in [4.78, 5) is 6.85. The van der Waals surface area contributed by atoms with Crippen LogP contribution in [0.2, 0.25) is 0 Å². The second-order valence-corrected chi connectivity index (χ2v) is 6.96. The standard InChI is InChI=1S/C20H34N4O/c1-16-6-5-7-18(14-16)17(2)15-23-20(21-3)22-10-11-24(12-13-25-4)19-8-9-19/h5-7,14,17,19H,8-13,15H2,1-4H3,(H2,21,22,23). The maximum absolute atomic E-state index is 5.22. The minimum atomic E-state index is 0.447. The highest BCUT2D eigenvalue weighted by molar-refractivity contribution is 5.79. The van der Waals surface area contributed by atoms with Gasteiger partial charge in [-0.25, -0.2) is 0 Å². The summed E-state index contributed by atoms with van der Waals surface area (Å²) in [6, 6.07) is 9.47. The molecule has 1 aliphatic rings. The lowest BCUT2D eigenvalue weighted by molar-refractivity contribution is 0.144. The van der Waals surface area contributed by atoms with Crippen LogP contribution in [0.25, 0.3) is 0 Å². The average Bonchev–Trinajstić information content (AvgIpc) is 3.45. The molecule has 140 valence electrons. The zero-order chi connectivity index (χ0) is 18.1. The van der Waals surface area contributed by atoms with E-state index < -0.39 is 0 Å². The second-order valence-electron chi connectivity index (χ2n) is 6.96. The predicted molar refractivity (Wildman–Crippen MR) is 105 cm³/mol. The van der Waals surface area contributed by atoms with Gasteiger partial charge in [0, 0.05) is 46.4 Å². The van der Waals surface area contributed by atoms with E-state index in [1.165, 1.54) is 24.0 Å². The fourth-order valence-corrected chi connectivity index (χ4v) is 3.01. The van der Waals surface area contributed by atoms with Crippen LogP contribution >= 0.6 is 0 Å². The summed E-state index contributed by atoms with van der Waals surface area (Å²) in [5, 5.41) is 6.88. The van der Waals surface area contributed by atoms with E-state index in [9.17, 15) is 0 Å². The van der Waals surface area contributed by atoms with Crippen molar-refractivity contribution in [3.8, 4) is 0 Å². The highest BCUT2D eigenvalue weighted by Crippen LogP contribution is 2.25. The van der Waals surface area contributed by atoms with Crippen molar-refractivity contribution in [1.82, 2.24) is 15.5 Å². The van der Waals surface area contributed by atoms with Gasteiger partial charge in [0.1, 0.15) is 0 Å². The van der Waals surface area contributed by atoms with E-state index in [1.807, 2.05) is 7.05 Å². The van der Waals surface area contributed by atoms with E-state index in [4.69, 9.17) is 4.74 Å². The van der Waals surface area contributed by atoms with Crippen molar-refractivity contribution in [2.24, 2.45) is 4.99 Å². The van der Waals surface area contributed by atoms with Crippen LogP contribution in [-0.4, -0.2) is 63.8 Å². The first-order chi connectivity index (χ1) is 12.1. The van der Waals surface area contributed by atoms with E-state index in [1.54, 1.807) is 7.11 Å². The van der Waals surface area contributed by atoms with Crippen molar-refractivity contribution in [2.45, 2.75) is 38.6 Å². The molecule has 25 heavy (non-hydrogen) atoms. The number of benzene rings is 1. The summed E-state index contributed by atoms with van der Waals surface area (Å²) >= 11 is 0. The fraction of sp³-hybridized carbons (Fsp3) is 0.650. The number of aryl methyl sites for hydroxylation is 1. The van der Waals surface area contributed by atoms with Crippen LogP contribution in [0.15, 0.2) is 29.3 Å². The van der Waals surface area contributed by atoms with E-state index in [-0.39, 0.29) is 0 Å². The van der Waals surface area contributed by atoms with E-state index in [2.05, 4.69) is 58.6 Å². The molecule has 0 radical (unpaired) electrons. The largest absolute Gasteiger partial charge is 0.383 e. The Morgan fingerprint density at radius 1 is 1.32 bits per heavy atom. The lowest BCUT2D eigenvalue weighted by atomic mass is 9.99. The van der Waals surface area contributed by atoms with E-state index >= 15 is 0 Å². The Bertz CT molecular complexity index is 542. The van der Waals surface area contributed by atoms with Crippen molar-refractivity contribution in [3.05, 3.63) is 35.4 Å². The molecule has 1 unspecified atom stereocenters. The maximum Gasteiger partial charge on any atom is 0.191 e. The topological polar surface area (TPSA) is 48.9 Å². The Hall–Kier alpha value is -1.59. The van der Waals surface area contributed by atoms with Gasteiger partial charge >= 0.3 is 0 Å². The number of nitrogens with zero attached hydrogens (tertiary/aromatic N) is 2. The van der Waals surface area contributed by atoms with Gasteiger partial charge < -0.3 is 15.4 Å². The molecule has 1 saturated carbocycles. The molecule has 5 heteroatoms. The third-order valence-corrected chi connectivity index (χ3v) is 4.75. The number of aliphatic imine (C=N–C) groups is 1. The van der Waals surface area contributed by atoms with Gasteiger partial charge in [0.15, 0.2) is 5.96 Å². The van der Waals surface area contributed by atoms with Crippen molar-refractivity contribution in [2.75, 3.05) is 46.9 Å². The zero-order valence-electron chi connectivity index (χ0n) is 16.2. The highest BCUT2D eigenvalue weighted by atomic mass is 16.5. The van der Waals surface area contributed by atoms with Gasteiger partial charge in [-0.3, -0.25) is 9.89 Å². The van der Waals surface area contributed by atoms with Crippen molar-refractivity contribution >= 4 is 5.96 Å². The van der Waals surface area contributed by atoms with Crippen LogP contribution in [0.1, 0.15) is 36.8 Å². The summed E-state index contributed by atoms with van der Waals surface area (Å²) in [5.74, 6) is 1.32. The molecular weight excluding hydrogens is 312 g/mol. The summed E-state index contributed by atoms with van der Waals surface area (Å²) in [5.41, 5.74) is 2.67. The summed E-state index contributed by atoms with van der Waals surface area (Å²) < 4.78 is 5.22. The van der Waals surface area contributed by atoms with Gasteiger partial charge in [-0.1, -0.05) is 36.8 Å². The summed E-state index contributed by atoms with van der Waals surface area (Å²) in [7, 11) is 3.60. The quantitative estimate of drug-likeness (QED) is 0.504. The molecule has 0 heterocycles. The number of guanidine groups is 1. The molecule has 1 atom stereocenters. The van der Waals surface area contributed by atoms with Crippen LogP contribution in [0.4, 0.5) is 0 Å². The molecule has 1 fully saturated rings. The Morgan fingerprint density at radius 2 is 2.12 bits per heavy atom. The van der Waals surface area contributed by atoms with Crippen molar-refractivity contribution in [1.29, 1.82) is 0 Å². The minimum absolute atomic E-state index is 0.447. The van der Waals surface area contributed by atoms with Gasteiger partial charge in [-0.15, -0.1) is 0 Å². The molecular formula is C20H34N4O. The van der Waals surface area contributed by atoms with E-state index in [0.717, 1.165) is 44.8 Å². The van der Waals surface area contributed by atoms with Crippen LogP contribution < -0.4 is 10.6 Å². The first-order valence-electron chi connectivity index (χ1n) is 9.38. The average molecular weight is 347 g/mol. The minimum Gasteiger partial charge on any atom is -0.383 e. The van der Waals surface area contributed by atoms with Gasteiger partial charge in [0.25, 0.3) is 0 Å². The third kappa shape index (κ3) is 7.04. The fourth-order valence-electron chi connectivity index (χ4n) is 3.01. The normalized spacial score (nSPS) is 16.1. The Kier molecular flexibility index (Phi) is 8.22. The van der Waals surface area contributed by atoms with Crippen LogP contribution in [0, 0.1) is 6.92 Å². The van der Waals surface area contributed by atoms with Crippen LogP contribution in [0.3, 0.4) is 0 Å².